The van der Waals surface area contributed by atoms with Gasteiger partial charge in [0, 0.05) is 18.5 Å². The van der Waals surface area contributed by atoms with E-state index >= 15 is 0 Å². The van der Waals surface area contributed by atoms with Crippen molar-refractivity contribution in [3.63, 3.8) is 0 Å². The fourth-order valence-corrected chi connectivity index (χ4v) is 1.09. The van der Waals surface area contributed by atoms with E-state index in [0.29, 0.717) is 6.42 Å². The van der Waals surface area contributed by atoms with Crippen molar-refractivity contribution in [2.45, 2.75) is 59.4 Å². The third-order valence-corrected chi connectivity index (χ3v) is 2.84. The Kier molecular flexibility index (Phi) is 5.15. The van der Waals surface area contributed by atoms with Crippen molar-refractivity contribution in [3.05, 3.63) is 0 Å². The third-order valence-electron chi connectivity index (χ3n) is 2.84. The first-order valence-corrected chi connectivity index (χ1v) is 5.45. The fourth-order valence-electron chi connectivity index (χ4n) is 1.09. The Hall–Kier alpha value is -0.550. The number of hydrogen-bond donors (Lipinski definition) is 1. The maximum Gasteiger partial charge on any atom is 0.0621 e. The first kappa shape index (κ1) is 13.4. The van der Waals surface area contributed by atoms with Crippen molar-refractivity contribution in [3.8, 4) is 6.07 Å². The van der Waals surface area contributed by atoms with E-state index in [1.807, 2.05) is 0 Å². The number of rotatable bonds is 6. The van der Waals surface area contributed by atoms with Crippen molar-refractivity contribution < 1.29 is 0 Å². The summed E-state index contributed by atoms with van der Waals surface area (Å²) in [6.07, 6.45) is 2.75. The Labute approximate surface area is 88.7 Å². The SMILES string of the molecule is CCC(C)(C)NCC(C)(C)CCC#N. The van der Waals surface area contributed by atoms with Crippen LogP contribution in [0.1, 0.15) is 53.9 Å². The van der Waals surface area contributed by atoms with Gasteiger partial charge in [-0.15, -0.1) is 0 Å². The van der Waals surface area contributed by atoms with Gasteiger partial charge >= 0.3 is 0 Å². The Balaban J connectivity index is 3.93. The first-order valence-electron chi connectivity index (χ1n) is 5.45. The van der Waals surface area contributed by atoms with Gasteiger partial charge in [0.05, 0.1) is 6.07 Å². The number of nitriles is 1. The van der Waals surface area contributed by atoms with Crippen molar-refractivity contribution >= 4 is 0 Å². The van der Waals surface area contributed by atoms with Gasteiger partial charge in [0.25, 0.3) is 0 Å². The summed E-state index contributed by atoms with van der Waals surface area (Å²) in [4.78, 5) is 0. The first-order chi connectivity index (χ1) is 6.33. The molecule has 0 atom stereocenters. The summed E-state index contributed by atoms with van der Waals surface area (Å²) in [5, 5.41) is 12.1. The highest BCUT2D eigenvalue weighted by atomic mass is 15.0. The topological polar surface area (TPSA) is 35.8 Å². The van der Waals surface area contributed by atoms with E-state index in [-0.39, 0.29) is 11.0 Å². The van der Waals surface area contributed by atoms with Gasteiger partial charge in [-0.1, -0.05) is 20.8 Å². The molecule has 0 spiro atoms. The molecule has 0 saturated heterocycles. The second-order valence-electron chi connectivity index (χ2n) is 5.41. The van der Waals surface area contributed by atoms with Gasteiger partial charge < -0.3 is 5.32 Å². The minimum Gasteiger partial charge on any atom is -0.311 e. The van der Waals surface area contributed by atoms with E-state index in [2.05, 4.69) is 46.0 Å². The number of nitrogens with one attached hydrogen (secondary N) is 1. The van der Waals surface area contributed by atoms with E-state index in [1.165, 1.54) is 0 Å². The fraction of sp³-hybridized carbons (Fsp3) is 0.917. The van der Waals surface area contributed by atoms with Crippen LogP contribution in [-0.2, 0) is 0 Å². The number of nitrogens with zero attached hydrogens (tertiary/aromatic N) is 1. The molecule has 0 rings (SSSR count). The zero-order valence-corrected chi connectivity index (χ0v) is 10.3. The monoisotopic (exact) mass is 196 g/mol. The van der Waals surface area contributed by atoms with Crippen molar-refractivity contribution in [2.75, 3.05) is 6.54 Å². The van der Waals surface area contributed by atoms with E-state index in [9.17, 15) is 0 Å². The normalized spacial score (nSPS) is 12.6. The van der Waals surface area contributed by atoms with Crippen LogP contribution in [0.5, 0.6) is 0 Å². The van der Waals surface area contributed by atoms with Crippen molar-refractivity contribution in [1.82, 2.24) is 5.32 Å². The molecular formula is C12H24N2. The molecule has 0 radical (unpaired) electrons. The smallest absolute Gasteiger partial charge is 0.0621 e. The van der Waals surface area contributed by atoms with Crippen molar-refractivity contribution in [2.24, 2.45) is 5.41 Å². The molecule has 14 heavy (non-hydrogen) atoms. The molecule has 0 bridgehead atoms. The molecule has 2 nitrogen and oxygen atoms in total. The lowest BCUT2D eigenvalue weighted by atomic mass is 9.86. The van der Waals surface area contributed by atoms with Crippen LogP contribution in [0.15, 0.2) is 0 Å². The molecule has 0 aliphatic rings. The maximum atomic E-state index is 8.53. The van der Waals surface area contributed by atoms with Gasteiger partial charge in [0.2, 0.25) is 0 Å². The van der Waals surface area contributed by atoms with Gasteiger partial charge in [-0.3, -0.25) is 0 Å². The van der Waals surface area contributed by atoms with Gasteiger partial charge in [-0.05, 0) is 32.1 Å². The van der Waals surface area contributed by atoms with Gasteiger partial charge in [-0.2, -0.15) is 5.26 Å². The summed E-state index contributed by atoms with van der Waals surface area (Å²) in [5.74, 6) is 0. The summed E-state index contributed by atoms with van der Waals surface area (Å²) in [5.41, 5.74) is 0.437. The molecule has 0 unspecified atom stereocenters. The molecule has 0 aliphatic carbocycles. The van der Waals surface area contributed by atoms with Gasteiger partial charge in [-0.25, -0.2) is 0 Å². The lowest BCUT2D eigenvalue weighted by Gasteiger charge is -2.31. The minimum atomic E-state index is 0.212. The van der Waals surface area contributed by atoms with Crippen LogP contribution in [-0.4, -0.2) is 12.1 Å². The lowest BCUT2D eigenvalue weighted by Crippen LogP contribution is -2.43. The molecule has 0 aromatic carbocycles. The third kappa shape index (κ3) is 5.99. The van der Waals surface area contributed by atoms with Crippen molar-refractivity contribution in [1.29, 1.82) is 5.26 Å². The predicted molar refractivity (Wildman–Crippen MR) is 61.0 cm³/mol. The summed E-state index contributed by atoms with van der Waals surface area (Å²) < 4.78 is 0. The zero-order chi connectivity index (χ0) is 11.2. The summed E-state index contributed by atoms with van der Waals surface area (Å²) >= 11 is 0. The summed E-state index contributed by atoms with van der Waals surface area (Å²) in [7, 11) is 0. The van der Waals surface area contributed by atoms with Crippen LogP contribution in [0.25, 0.3) is 0 Å². The Morgan fingerprint density at radius 1 is 1.21 bits per heavy atom. The summed E-state index contributed by atoms with van der Waals surface area (Å²) in [6.45, 7) is 12.0. The largest absolute Gasteiger partial charge is 0.311 e. The molecule has 0 fully saturated rings. The second kappa shape index (κ2) is 5.36. The lowest BCUT2D eigenvalue weighted by molar-refractivity contribution is 0.262. The average molecular weight is 196 g/mol. The maximum absolute atomic E-state index is 8.53. The average Bonchev–Trinajstić information content (AvgIpc) is 2.12. The highest BCUT2D eigenvalue weighted by Gasteiger charge is 2.21. The molecule has 2 heteroatoms. The Morgan fingerprint density at radius 2 is 1.79 bits per heavy atom. The van der Waals surface area contributed by atoms with Crippen LogP contribution in [0.3, 0.4) is 0 Å². The van der Waals surface area contributed by atoms with E-state index in [0.717, 1.165) is 19.4 Å². The van der Waals surface area contributed by atoms with Crippen LogP contribution in [0, 0.1) is 16.7 Å². The Morgan fingerprint density at radius 3 is 2.21 bits per heavy atom. The van der Waals surface area contributed by atoms with Crippen LogP contribution in [0.2, 0.25) is 0 Å². The Bertz CT molecular complexity index is 199. The molecule has 1 N–H and O–H groups in total. The van der Waals surface area contributed by atoms with E-state index in [4.69, 9.17) is 5.26 Å². The summed E-state index contributed by atoms with van der Waals surface area (Å²) in [6, 6.07) is 2.21. The van der Waals surface area contributed by atoms with Gasteiger partial charge in [0.15, 0.2) is 0 Å². The molecule has 0 aromatic rings. The minimum absolute atomic E-state index is 0.212. The highest BCUT2D eigenvalue weighted by Crippen LogP contribution is 2.22. The molecule has 0 heterocycles. The quantitative estimate of drug-likeness (QED) is 0.708. The molecule has 0 aromatic heterocycles. The van der Waals surface area contributed by atoms with Crippen LogP contribution in [0.4, 0.5) is 0 Å². The molecule has 0 amide bonds. The van der Waals surface area contributed by atoms with Gasteiger partial charge in [0.1, 0.15) is 0 Å². The standard InChI is InChI=1S/C12H24N2/c1-6-12(4,5)14-10-11(2,3)8-7-9-13/h14H,6-8,10H2,1-5H3. The second-order valence-corrected chi connectivity index (χ2v) is 5.41. The predicted octanol–water partition coefficient (Wildman–Crippen LogP) is 3.09. The molecule has 82 valence electrons. The zero-order valence-electron chi connectivity index (χ0n) is 10.3. The van der Waals surface area contributed by atoms with Crippen LogP contribution >= 0.6 is 0 Å². The number of hydrogen-bond acceptors (Lipinski definition) is 2. The van der Waals surface area contributed by atoms with Crippen LogP contribution < -0.4 is 5.32 Å². The molecule has 0 saturated carbocycles. The molecule has 0 aliphatic heterocycles. The van der Waals surface area contributed by atoms with E-state index < -0.39 is 0 Å². The highest BCUT2D eigenvalue weighted by molar-refractivity contribution is 4.83. The molecular weight excluding hydrogens is 172 g/mol. The van der Waals surface area contributed by atoms with E-state index in [1.54, 1.807) is 0 Å².